The van der Waals surface area contributed by atoms with E-state index in [9.17, 15) is 18.0 Å². The predicted molar refractivity (Wildman–Crippen MR) is 102 cm³/mol. The summed E-state index contributed by atoms with van der Waals surface area (Å²) in [6.45, 7) is -0.128. The molecule has 1 N–H and O–H groups in total. The molecule has 1 aromatic carbocycles. The summed E-state index contributed by atoms with van der Waals surface area (Å²) in [7, 11) is 0.647. The molecule has 142 valence electrons. The van der Waals surface area contributed by atoms with Gasteiger partial charge in [0.2, 0.25) is 10.0 Å². The van der Waals surface area contributed by atoms with Crippen LogP contribution in [0.25, 0.3) is 0 Å². The number of sulfonamides is 1. The largest absolute Gasteiger partial charge is 0.465 e. The Labute approximate surface area is 162 Å². The standard InChI is InChI=1S/C18H18N2O5S2/c1-20(2)17(21)14-8-6-13(7-9-14)5-4-11-19-27(23,24)15-10-12-26-16(15)18(22)25-3/h6-10,12,19H,11H2,1-3H3. The number of amides is 1. The van der Waals surface area contributed by atoms with Crippen molar-refractivity contribution in [3.8, 4) is 11.8 Å². The molecular weight excluding hydrogens is 388 g/mol. The van der Waals surface area contributed by atoms with Gasteiger partial charge in [-0.1, -0.05) is 11.8 Å². The van der Waals surface area contributed by atoms with E-state index in [1.165, 1.54) is 23.5 Å². The minimum absolute atomic E-state index is 0.0131. The van der Waals surface area contributed by atoms with E-state index in [2.05, 4.69) is 21.3 Å². The molecule has 0 saturated heterocycles. The molecule has 0 fully saturated rings. The molecule has 0 unspecified atom stereocenters. The fraction of sp³-hybridized carbons (Fsp3) is 0.222. The van der Waals surface area contributed by atoms with Crippen LogP contribution in [-0.2, 0) is 14.8 Å². The fourth-order valence-corrected chi connectivity index (χ4v) is 4.32. The number of nitrogens with one attached hydrogen (secondary N) is 1. The highest BCUT2D eigenvalue weighted by atomic mass is 32.2. The lowest BCUT2D eigenvalue weighted by Crippen LogP contribution is -2.25. The third kappa shape index (κ3) is 5.17. The quantitative estimate of drug-likeness (QED) is 0.601. The molecule has 0 aliphatic heterocycles. The summed E-state index contributed by atoms with van der Waals surface area (Å²) >= 11 is 0.990. The second-order valence-electron chi connectivity index (χ2n) is 5.51. The molecule has 0 aliphatic carbocycles. The van der Waals surface area contributed by atoms with Crippen molar-refractivity contribution < 1.29 is 22.7 Å². The van der Waals surface area contributed by atoms with Gasteiger partial charge < -0.3 is 9.64 Å². The van der Waals surface area contributed by atoms with Crippen molar-refractivity contribution in [1.82, 2.24) is 9.62 Å². The summed E-state index contributed by atoms with van der Waals surface area (Å²) in [5.74, 6) is 4.70. The van der Waals surface area contributed by atoms with Crippen molar-refractivity contribution in [2.45, 2.75) is 4.90 Å². The minimum Gasteiger partial charge on any atom is -0.465 e. The number of carbonyl (C=O) groups is 2. The molecule has 0 saturated carbocycles. The Balaban J connectivity index is 2.04. The number of nitrogens with zero attached hydrogens (tertiary/aromatic N) is 1. The number of rotatable bonds is 5. The lowest BCUT2D eigenvalue weighted by molar-refractivity contribution is 0.0602. The molecule has 2 rings (SSSR count). The molecule has 9 heteroatoms. The zero-order valence-corrected chi connectivity index (χ0v) is 16.6. The first kappa shape index (κ1) is 20.6. The van der Waals surface area contributed by atoms with Crippen LogP contribution in [-0.4, -0.2) is 52.9 Å². The van der Waals surface area contributed by atoms with E-state index in [4.69, 9.17) is 0 Å². The molecule has 0 aliphatic rings. The average molecular weight is 406 g/mol. The van der Waals surface area contributed by atoms with E-state index in [0.717, 1.165) is 11.3 Å². The van der Waals surface area contributed by atoms with Crippen LogP contribution in [0.4, 0.5) is 0 Å². The van der Waals surface area contributed by atoms with E-state index < -0.39 is 16.0 Å². The maximum atomic E-state index is 12.3. The number of thiophene rings is 1. The van der Waals surface area contributed by atoms with Crippen LogP contribution in [0.15, 0.2) is 40.6 Å². The van der Waals surface area contributed by atoms with Gasteiger partial charge in [-0.15, -0.1) is 11.3 Å². The molecule has 1 heterocycles. The molecule has 1 aromatic heterocycles. The van der Waals surface area contributed by atoms with E-state index >= 15 is 0 Å². The smallest absolute Gasteiger partial charge is 0.349 e. The van der Waals surface area contributed by atoms with Crippen molar-refractivity contribution >= 4 is 33.2 Å². The predicted octanol–water partition coefficient (Wildman–Crippen LogP) is 1.57. The van der Waals surface area contributed by atoms with Gasteiger partial charge in [-0.25, -0.2) is 13.2 Å². The summed E-state index contributed by atoms with van der Waals surface area (Å²) < 4.78 is 31.5. The number of benzene rings is 1. The summed E-state index contributed by atoms with van der Waals surface area (Å²) in [6.07, 6.45) is 0. The summed E-state index contributed by atoms with van der Waals surface area (Å²) in [5, 5.41) is 1.50. The van der Waals surface area contributed by atoms with E-state index in [0.29, 0.717) is 11.1 Å². The van der Waals surface area contributed by atoms with Crippen molar-refractivity contribution in [3.05, 3.63) is 51.7 Å². The van der Waals surface area contributed by atoms with Gasteiger partial charge in [0.1, 0.15) is 9.77 Å². The molecule has 1 amide bonds. The number of ether oxygens (including phenoxy) is 1. The Bertz CT molecular complexity index is 996. The van der Waals surface area contributed by atoms with Crippen LogP contribution < -0.4 is 4.72 Å². The van der Waals surface area contributed by atoms with Gasteiger partial charge >= 0.3 is 5.97 Å². The Morgan fingerprint density at radius 3 is 2.44 bits per heavy atom. The van der Waals surface area contributed by atoms with Gasteiger partial charge in [0.25, 0.3) is 5.91 Å². The van der Waals surface area contributed by atoms with Gasteiger partial charge in [-0.3, -0.25) is 4.79 Å². The van der Waals surface area contributed by atoms with Crippen LogP contribution in [0, 0.1) is 11.8 Å². The summed E-state index contributed by atoms with van der Waals surface area (Å²) in [6, 6.07) is 8.03. The molecule has 0 radical (unpaired) electrons. The van der Waals surface area contributed by atoms with Gasteiger partial charge in [0, 0.05) is 25.2 Å². The van der Waals surface area contributed by atoms with Gasteiger partial charge in [-0.2, -0.15) is 4.72 Å². The van der Waals surface area contributed by atoms with Gasteiger partial charge in [0.05, 0.1) is 13.7 Å². The normalized spacial score (nSPS) is 10.6. The summed E-state index contributed by atoms with van der Waals surface area (Å²) in [5.41, 5.74) is 1.19. The highest BCUT2D eigenvalue weighted by Gasteiger charge is 2.23. The maximum absolute atomic E-state index is 12.3. The second kappa shape index (κ2) is 8.81. The molecular formula is C18H18N2O5S2. The third-order valence-corrected chi connectivity index (χ3v) is 5.88. The Morgan fingerprint density at radius 1 is 1.19 bits per heavy atom. The van der Waals surface area contributed by atoms with E-state index in [-0.39, 0.29) is 22.2 Å². The van der Waals surface area contributed by atoms with Crippen molar-refractivity contribution in [3.63, 3.8) is 0 Å². The molecule has 0 spiro atoms. The monoisotopic (exact) mass is 406 g/mol. The number of hydrogen-bond acceptors (Lipinski definition) is 6. The van der Waals surface area contributed by atoms with Crippen LogP contribution in [0.3, 0.4) is 0 Å². The fourth-order valence-electron chi connectivity index (χ4n) is 2.06. The zero-order valence-electron chi connectivity index (χ0n) is 15.0. The van der Waals surface area contributed by atoms with Crippen LogP contribution in [0.2, 0.25) is 0 Å². The Morgan fingerprint density at radius 2 is 1.85 bits per heavy atom. The van der Waals surface area contributed by atoms with Gasteiger partial charge in [0.15, 0.2) is 0 Å². The Kier molecular flexibility index (Phi) is 6.74. The molecule has 2 aromatic rings. The van der Waals surface area contributed by atoms with Crippen molar-refractivity contribution in [2.75, 3.05) is 27.7 Å². The zero-order chi connectivity index (χ0) is 20.0. The van der Waals surface area contributed by atoms with E-state index in [1.807, 2.05) is 0 Å². The highest BCUT2D eigenvalue weighted by molar-refractivity contribution is 7.89. The van der Waals surface area contributed by atoms with Crippen molar-refractivity contribution in [1.29, 1.82) is 0 Å². The second-order valence-corrected chi connectivity index (χ2v) is 8.16. The number of hydrogen-bond donors (Lipinski definition) is 1. The minimum atomic E-state index is -3.88. The maximum Gasteiger partial charge on any atom is 0.349 e. The number of methoxy groups -OCH3 is 1. The average Bonchev–Trinajstić information content (AvgIpc) is 3.15. The molecule has 27 heavy (non-hydrogen) atoms. The van der Waals surface area contributed by atoms with Gasteiger partial charge in [-0.05, 0) is 35.7 Å². The topological polar surface area (TPSA) is 92.8 Å². The highest BCUT2D eigenvalue weighted by Crippen LogP contribution is 2.22. The number of carbonyl (C=O) groups excluding carboxylic acids is 2. The molecule has 0 atom stereocenters. The van der Waals surface area contributed by atoms with Crippen LogP contribution in [0.5, 0.6) is 0 Å². The molecule has 7 nitrogen and oxygen atoms in total. The lowest BCUT2D eigenvalue weighted by atomic mass is 10.1. The summed E-state index contributed by atoms with van der Waals surface area (Å²) in [4.78, 5) is 24.8. The van der Waals surface area contributed by atoms with Crippen molar-refractivity contribution in [2.24, 2.45) is 0 Å². The van der Waals surface area contributed by atoms with E-state index in [1.54, 1.807) is 38.4 Å². The number of esters is 1. The first-order valence-electron chi connectivity index (χ1n) is 7.72. The first-order valence-corrected chi connectivity index (χ1v) is 10.1. The van der Waals surface area contributed by atoms with Crippen LogP contribution in [0.1, 0.15) is 25.6 Å². The Hall–Kier alpha value is -2.67. The SMILES string of the molecule is COC(=O)c1sccc1S(=O)(=O)NCC#Cc1ccc(C(=O)N(C)C)cc1. The first-order chi connectivity index (χ1) is 12.8. The van der Waals surface area contributed by atoms with Crippen LogP contribution >= 0.6 is 11.3 Å². The lowest BCUT2D eigenvalue weighted by Gasteiger charge is -2.09. The molecule has 0 bridgehead atoms. The third-order valence-electron chi connectivity index (χ3n) is 3.41.